The van der Waals surface area contributed by atoms with Gasteiger partial charge in [0.05, 0.1) is 22.6 Å². The molecule has 2 heterocycles. The van der Waals surface area contributed by atoms with Gasteiger partial charge in [0, 0.05) is 29.5 Å². The second-order valence-electron chi connectivity index (χ2n) is 6.87. The van der Waals surface area contributed by atoms with Crippen LogP contribution in [0.5, 0.6) is 0 Å². The Balaban J connectivity index is 1.73. The van der Waals surface area contributed by atoms with Crippen LogP contribution in [0.25, 0.3) is 16.6 Å². The average Bonchev–Trinajstić information content (AvgIpc) is 3.22. The van der Waals surface area contributed by atoms with Crippen LogP contribution in [0.15, 0.2) is 59.6 Å². The van der Waals surface area contributed by atoms with Crippen molar-refractivity contribution in [2.75, 3.05) is 11.9 Å². The van der Waals surface area contributed by atoms with Gasteiger partial charge in [0.1, 0.15) is 18.5 Å². The van der Waals surface area contributed by atoms with E-state index in [4.69, 9.17) is 21.7 Å². The van der Waals surface area contributed by atoms with Gasteiger partial charge in [-0.25, -0.2) is 14.6 Å². The Morgan fingerprint density at radius 3 is 2.77 bits per heavy atom. The van der Waals surface area contributed by atoms with Crippen LogP contribution in [0.1, 0.15) is 11.1 Å². The largest absolute Gasteiger partial charge is 0.481 e. The van der Waals surface area contributed by atoms with Crippen molar-refractivity contribution in [3.8, 4) is 5.69 Å². The summed E-state index contributed by atoms with van der Waals surface area (Å²) >= 11 is 9.77. The molecular weight excluding hydrogens is 470 g/mol. The maximum absolute atomic E-state index is 11.0. The highest BCUT2D eigenvalue weighted by atomic mass is 79.9. The van der Waals surface area contributed by atoms with E-state index in [1.54, 1.807) is 11.0 Å². The Bertz CT molecular complexity index is 1230. The number of halogens is 2. The number of aromatic nitrogens is 4. The van der Waals surface area contributed by atoms with Crippen LogP contribution in [-0.4, -0.2) is 37.9 Å². The van der Waals surface area contributed by atoms with E-state index >= 15 is 0 Å². The summed E-state index contributed by atoms with van der Waals surface area (Å²) in [6.45, 7) is 0.567. The van der Waals surface area contributed by atoms with E-state index < -0.39 is 5.97 Å². The minimum atomic E-state index is -0.849. The molecule has 0 radical (unpaired) electrons. The number of anilines is 1. The SMILES string of the molecule is CN(Cc1cccc(CC(=O)O)c1)c1cc(-n2cncn2)c2cc(Cl)c(Br)cc2n1. The van der Waals surface area contributed by atoms with Crippen molar-refractivity contribution in [1.29, 1.82) is 0 Å². The zero-order chi connectivity index (χ0) is 21.3. The van der Waals surface area contributed by atoms with Gasteiger partial charge in [0.15, 0.2) is 0 Å². The lowest BCUT2D eigenvalue weighted by Gasteiger charge is -2.21. The first-order valence-corrected chi connectivity index (χ1v) is 10.2. The standard InChI is InChI=1S/C21H17BrClN5O2/c1-27(10-14-4-2-3-13(5-14)6-21(29)30)20-9-19(28-12-24-11-25-28)15-7-17(23)16(22)8-18(15)26-20/h2-5,7-9,11-12H,6,10H2,1H3,(H,29,30). The van der Waals surface area contributed by atoms with Crippen molar-refractivity contribution in [3.05, 3.63) is 75.7 Å². The highest BCUT2D eigenvalue weighted by molar-refractivity contribution is 9.10. The van der Waals surface area contributed by atoms with Crippen LogP contribution >= 0.6 is 27.5 Å². The third-order valence-corrected chi connectivity index (χ3v) is 5.84. The Kier molecular flexibility index (Phi) is 5.69. The van der Waals surface area contributed by atoms with Crippen LogP contribution in [0, 0.1) is 0 Å². The second-order valence-corrected chi connectivity index (χ2v) is 8.13. The Hall–Kier alpha value is -2.97. The molecule has 0 aliphatic carbocycles. The Morgan fingerprint density at radius 2 is 2.03 bits per heavy atom. The molecule has 4 aromatic rings. The van der Waals surface area contributed by atoms with Crippen molar-refractivity contribution in [1.82, 2.24) is 19.7 Å². The van der Waals surface area contributed by atoms with Crippen molar-refractivity contribution >= 4 is 50.2 Å². The molecule has 152 valence electrons. The number of hydrogen-bond acceptors (Lipinski definition) is 5. The normalized spacial score (nSPS) is 11.0. The highest BCUT2D eigenvalue weighted by Crippen LogP contribution is 2.32. The molecule has 0 saturated heterocycles. The van der Waals surface area contributed by atoms with E-state index in [1.807, 2.05) is 54.4 Å². The topological polar surface area (TPSA) is 84.1 Å². The van der Waals surface area contributed by atoms with Crippen LogP contribution in [0.4, 0.5) is 5.82 Å². The van der Waals surface area contributed by atoms with E-state index in [0.717, 1.165) is 38.0 Å². The summed E-state index contributed by atoms with van der Waals surface area (Å²) in [5.74, 6) is -0.107. The van der Waals surface area contributed by atoms with E-state index in [1.165, 1.54) is 6.33 Å². The summed E-state index contributed by atoms with van der Waals surface area (Å²) in [5.41, 5.74) is 3.34. The van der Waals surface area contributed by atoms with Gasteiger partial charge in [0.2, 0.25) is 0 Å². The zero-order valence-electron chi connectivity index (χ0n) is 16.0. The highest BCUT2D eigenvalue weighted by Gasteiger charge is 2.14. The lowest BCUT2D eigenvalue weighted by atomic mass is 10.1. The molecule has 0 unspecified atom stereocenters. The lowest BCUT2D eigenvalue weighted by molar-refractivity contribution is -0.136. The number of aliphatic carboxylic acids is 1. The van der Waals surface area contributed by atoms with Crippen molar-refractivity contribution in [2.45, 2.75) is 13.0 Å². The van der Waals surface area contributed by atoms with Crippen molar-refractivity contribution in [3.63, 3.8) is 0 Å². The number of carbonyl (C=O) groups is 1. The Morgan fingerprint density at radius 1 is 1.23 bits per heavy atom. The minimum Gasteiger partial charge on any atom is -0.481 e. The summed E-state index contributed by atoms with van der Waals surface area (Å²) in [7, 11) is 1.94. The maximum atomic E-state index is 11.0. The first-order chi connectivity index (χ1) is 14.4. The molecule has 0 fully saturated rings. The van der Waals surface area contributed by atoms with Crippen LogP contribution in [0.3, 0.4) is 0 Å². The second kappa shape index (κ2) is 8.41. The molecule has 0 aliphatic heterocycles. The first-order valence-electron chi connectivity index (χ1n) is 9.06. The van der Waals surface area contributed by atoms with Gasteiger partial charge >= 0.3 is 5.97 Å². The lowest BCUT2D eigenvalue weighted by Crippen LogP contribution is -2.18. The molecule has 0 atom stereocenters. The molecule has 7 nitrogen and oxygen atoms in total. The van der Waals surface area contributed by atoms with Gasteiger partial charge in [-0.3, -0.25) is 4.79 Å². The maximum Gasteiger partial charge on any atom is 0.307 e. The molecule has 0 amide bonds. The molecule has 0 saturated carbocycles. The third kappa shape index (κ3) is 4.29. The van der Waals surface area contributed by atoms with Gasteiger partial charge in [0.25, 0.3) is 0 Å². The molecule has 2 aromatic heterocycles. The van der Waals surface area contributed by atoms with Gasteiger partial charge in [-0.05, 0) is 39.2 Å². The van der Waals surface area contributed by atoms with E-state index in [2.05, 4.69) is 26.0 Å². The molecule has 1 N–H and O–H groups in total. The molecule has 9 heteroatoms. The molecule has 2 aromatic carbocycles. The fourth-order valence-corrected chi connectivity index (χ4v) is 3.77. The van der Waals surface area contributed by atoms with Crippen molar-refractivity contribution in [2.24, 2.45) is 0 Å². The average molecular weight is 487 g/mol. The van der Waals surface area contributed by atoms with E-state index in [0.29, 0.717) is 11.6 Å². The number of pyridine rings is 1. The van der Waals surface area contributed by atoms with Crippen LogP contribution < -0.4 is 4.90 Å². The van der Waals surface area contributed by atoms with Gasteiger partial charge in [-0.2, -0.15) is 5.10 Å². The number of carboxylic acid groups (broad SMARTS) is 1. The van der Waals surface area contributed by atoms with Crippen LogP contribution in [-0.2, 0) is 17.8 Å². The van der Waals surface area contributed by atoms with Crippen LogP contribution in [0.2, 0.25) is 5.02 Å². The number of fused-ring (bicyclic) bond motifs is 1. The monoisotopic (exact) mass is 485 g/mol. The van der Waals surface area contributed by atoms with Gasteiger partial charge < -0.3 is 10.0 Å². The number of rotatable bonds is 6. The fraction of sp³-hybridized carbons (Fsp3) is 0.143. The number of benzene rings is 2. The number of hydrogen-bond donors (Lipinski definition) is 1. The Labute approximate surface area is 186 Å². The molecule has 0 bridgehead atoms. The zero-order valence-corrected chi connectivity index (χ0v) is 18.3. The quantitative estimate of drug-likeness (QED) is 0.432. The fourth-order valence-electron chi connectivity index (χ4n) is 3.27. The first kappa shape index (κ1) is 20.3. The summed E-state index contributed by atoms with van der Waals surface area (Å²) in [4.78, 5) is 21.8. The third-order valence-electron chi connectivity index (χ3n) is 4.64. The molecule has 0 aliphatic rings. The summed E-state index contributed by atoms with van der Waals surface area (Å²) < 4.78 is 2.44. The smallest absolute Gasteiger partial charge is 0.307 e. The predicted molar refractivity (Wildman–Crippen MR) is 119 cm³/mol. The van der Waals surface area contributed by atoms with Crippen molar-refractivity contribution < 1.29 is 9.90 Å². The number of nitrogens with zero attached hydrogens (tertiary/aromatic N) is 5. The van der Waals surface area contributed by atoms with E-state index in [-0.39, 0.29) is 6.42 Å². The summed E-state index contributed by atoms with van der Waals surface area (Å²) in [6, 6.07) is 13.2. The predicted octanol–water partition coefficient (Wildman–Crippen LogP) is 4.49. The summed E-state index contributed by atoms with van der Waals surface area (Å²) in [6.07, 6.45) is 3.10. The summed E-state index contributed by atoms with van der Waals surface area (Å²) in [5, 5.41) is 14.7. The minimum absolute atomic E-state index is 0.00296. The molecule has 30 heavy (non-hydrogen) atoms. The molecular formula is C21H17BrClN5O2. The van der Waals surface area contributed by atoms with E-state index in [9.17, 15) is 4.79 Å². The number of carboxylic acids is 1. The van der Waals surface area contributed by atoms with Gasteiger partial charge in [-0.15, -0.1) is 0 Å². The molecule has 0 spiro atoms. The van der Waals surface area contributed by atoms with Gasteiger partial charge in [-0.1, -0.05) is 35.9 Å². The molecule has 4 rings (SSSR count).